The number of hydrogen-bond donors (Lipinski definition) is 3. The van der Waals surface area contributed by atoms with Crippen molar-refractivity contribution < 1.29 is 4.39 Å². The third-order valence-corrected chi connectivity index (χ3v) is 3.04. The zero-order chi connectivity index (χ0) is 12.6. The molecule has 2 rings (SSSR count). The van der Waals surface area contributed by atoms with Gasteiger partial charge in [-0.15, -0.1) is 0 Å². The van der Waals surface area contributed by atoms with Crippen LogP contribution >= 0.6 is 0 Å². The van der Waals surface area contributed by atoms with Gasteiger partial charge >= 0.3 is 0 Å². The Kier molecular flexibility index (Phi) is 2.92. The topological polar surface area (TPSA) is 77.0 Å². The highest BCUT2D eigenvalue weighted by atomic mass is 19.1. The van der Waals surface area contributed by atoms with Crippen LogP contribution in [0.1, 0.15) is 25.3 Å². The lowest BCUT2D eigenvalue weighted by molar-refractivity contribution is 0.612. The van der Waals surface area contributed by atoms with Gasteiger partial charge in [-0.05, 0) is 31.7 Å². The lowest BCUT2D eigenvalue weighted by Crippen LogP contribution is -2.20. The number of nitrogen functional groups attached to an aromatic ring is 1. The molecule has 17 heavy (non-hydrogen) atoms. The monoisotopic (exact) mass is 236 g/mol. The smallest absolute Gasteiger partial charge is 0.166 e. The molecule has 1 aliphatic carbocycles. The van der Waals surface area contributed by atoms with Crippen molar-refractivity contribution in [3.63, 3.8) is 0 Å². The average molecular weight is 236 g/mol. The Balaban J connectivity index is 2.22. The van der Waals surface area contributed by atoms with E-state index < -0.39 is 5.82 Å². The molecule has 5 N–H and O–H groups in total. The first-order valence-corrected chi connectivity index (χ1v) is 5.66. The third-order valence-electron chi connectivity index (χ3n) is 3.04. The molecule has 0 aliphatic heterocycles. The molecule has 1 aromatic rings. The molecule has 5 heteroatoms. The summed E-state index contributed by atoms with van der Waals surface area (Å²) in [5, 5.41) is 3.04. The molecule has 0 spiro atoms. The highest BCUT2D eigenvalue weighted by Gasteiger charge is 2.28. The SMILES string of the molecule is C=C(N)c1cc(F)c(NC(C)C2CC2)nc1N. The largest absolute Gasteiger partial charge is 0.399 e. The number of pyridine rings is 1. The number of nitrogens with zero attached hydrogens (tertiary/aromatic N) is 1. The molecule has 1 fully saturated rings. The van der Waals surface area contributed by atoms with E-state index in [4.69, 9.17) is 11.5 Å². The Morgan fingerprint density at radius 3 is 2.82 bits per heavy atom. The van der Waals surface area contributed by atoms with Gasteiger partial charge in [0.25, 0.3) is 0 Å². The predicted octanol–water partition coefficient (Wildman–Crippen LogP) is 1.94. The van der Waals surface area contributed by atoms with Crippen LogP contribution in [-0.2, 0) is 0 Å². The molecular formula is C12H17FN4. The van der Waals surface area contributed by atoms with Crippen LogP contribution in [0.25, 0.3) is 5.70 Å². The van der Waals surface area contributed by atoms with Gasteiger partial charge in [-0.25, -0.2) is 9.37 Å². The molecule has 0 saturated heterocycles. The summed E-state index contributed by atoms with van der Waals surface area (Å²) >= 11 is 0. The zero-order valence-corrected chi connectivity index (χ0v) is 9.83. The van der Waals surface area contributed by atoms with E-state index in [1.165, 1.54) is 18.9 Å². The minimum Gasteiger partial charge on any atom is -0.399 e. The fraction of sp³-hybridized carbons (Fsp3) is 0.417. The van der Waals surface area contributed by atoms with E-state index in [1.54, 1.807) is 0 Å². The number of halogens is 1. The van der Waals surface area contributed by atoms with Gasteiger partial charge in [0, 0.05) is 17.3 Å². The first-order chi connectivity index (χ1) is 7.99. The Hall–Kier alpha value is -1.78. The van der Waals surface area contributed by atoms with E-state index in [2.05, 4.69) is 16.9 Å². The van der Waals surface area contributed by atoms with Crippen molar-refractivity contribution in [3.05, 3.63) is 24.0 Å². The van der Waals surface area contributed by atoms with E-state index >= 15 is 0 Å². The summed E-state index contributed by atoms with van der Waals surface area (Å²) in [5.41, 5.74) is 11.8. The maximum Gasteiger partial charge on any atom is 0.166 e. The van der Waals surface area contributed by atoms with Gasteiger partial charge in [0.1, 0.15) is 5.82 Å². The van der Waals surface area contributed by atoms with Gasteiger partial charge in [-0.3, -0.25) is 0 Å². The lowest BCUT2D eigenvalue weighted by Gasteiger charge is -2.15. The fourth-order valence-corrected chi connectivity index (χ4v) is 1.79. The van der Waals surface area contributed by atoms with E-state index in [0.717, 1.165) is 0 Å². The second kappa shape index (κ2) is 4.24. The van der Waals surface area contributed by atoms with Crippen LogP contribution in [0.15, 0.2) is 12.6 Å². The van der Waals surface area contributed by atoms with Crippen LogP contribution in [-0.4, -0.2) is 11.0 Å². The van der Waals surface area contributed by atoms with Crippen LogP contribution in [0.3, 0.4) is 0 Å². The van der Waals surface area contributed by atoms with Crippen molar-refractivity contribution in [1.29, 1.82) is 0 Å². The fourth-order valence-electron chi connectivity index (χ4n) is 1.79. The van der Waals surface area contributed by atoms with Crippen molar-refractivity contribution in [2.24, 2.45) is 11.7 Å². The number of nitrogens with two attached hydrogens (primary N) is 2. The van der Waals surface area contributed by atoms with Crippen molar-refractivity contribution in [2.75, 3.05) is 11.1 Å². The van der Waals surface area contributed by atoms with Gasteiger partial charge in [0.2, 0.25) is 0 Å². The molecule has 0 radical (unpaired) electrons. The second-order valence-corrected chi connectivity index (χ2v) is 4.55. The molecule has 92 valence electrons. The number of anilines is 2. The summed E-state index contributed by atoms with van der Waals surface area (Å²) < 4.78 is 13.8. The second-order valence-electron chi connectivity index (χ2n) is 4.55. The summed E-state index contributed by atoms with van der Waals surface area (Å²) in [6.45, 7) is 5.55. The molecule has 4 nitrogen and oxygen atoms in total. The number of hydrogen-bond acceptors (Lipinski definition) is 4. The van der Waals surface area contributed by atoms with Crippen molar-refractivity contribution >= 4 is 17.3 Å². The Labute approximate surface area is 99.9 Å². The minimum atomic E-state index is -0.451. The third kappa shape index (κ3) is 2.49. The molecule has 1 saturated carbocycles. The van der Waals surface area contributed by atoms with Gasteiger partial charge < -0.3 is 16.8 Å². The van der Waals surface area contributed by atoms with Crippen LogP contribution in [0.5, 0.6) is 0 Å². The van der Waals surface area contributed by atoms with Gasteiger partial charge in [-0.1, -0.05) is 6.58 Å². The normalized spacial score (nSPS) is 16.6. The van der Waals surface area contributed by atoms with Crippen LogP contribution < -0.4 is 16.8 Å². The standard InChI is InChI=1S/C12H17FN4/c1-6(14)9-5-10(13)12(17-11(9)15)16-7(2)8-3-4-8/h5,7-8H,1,3-4,14H2,2H3,(H3,15,16,17). The van der Waals surface area contributed by atoms with Gasteiger partial charge in [0.05, 0.1) is 0 Å². The van der Waals surface area contributed by atoms with Crippen LogP contribution in [0, 0.1) is 11.7 Å². The number of nitrogens with one attached hydrogen (secondary N) is 1. The van der Waals surface area contributed by atoms with E-state index in [1.807, 2.05) is 6.92 Å². The molecule has 1 atom stereocenters. The molecule has 1 aliphatic rings. The summed E-state index contributed by atoms with van der Waals surface area (Å²) in [4.78, 5) is 3.99. The highest BCUT2D eigenvalue weighted by Crippen LogP contribution is 2.34. The van der Waals surface area contributed by atoms with E-state index in [9.17, 15) is 4.39 Å². The summed E-state index contributed by atoms with van der Waals surface area (Å²) in [7, 11) is 0. The molecule has 1 heterocycles. The molecular weight excluding hydrogens is 219 g/mol. The van der Waals surface area contributed by atoms with Crippen molar-refractivity contribution in [1.82, 2.24) is 4.98 Å². The van der Waals surface area contributed by atoms with Crippen LogP contribution in [0.2, 0.25) is 0 Å². The Morgan fingerprint density at radius 2 is 2.29 bits per heavy atom. The maximum atomic E-state index is 13.8. The van der Waals surface area contributed by atoms with Crippen molar-refractivity contribution in [2.45, 2.75) is 25.8 Å². The molecule has 0 aromatic carbocycles. The van der Waals surface area contributed by atoms with E-state index in [0.29, 0.717) is 11.5 Å². The van der Waals surface area contributed by atoms with E-state index in [-0.39, 0.29) is 23.4 Å². The molecule has 1 aromatic heterocycles. The van der Waals surface area contributed by atoms with Gasteiger partial charge in [0.15, 0.2) is 11.6 Å². The first-order valence-electron chi connectivity index (χ1n) is 5.66. The summed E-state index contributed by atoms with van der Waals surface area (Å²) in [6, 6.07) is 1.48. The number of aromatic nitrogens is 1. The summed E-state index contributed by atoms with van der Waals surface area (Å²) in [6.07, 6.45) is 2.37. The molecule has 1 unspecified atom stereocenters. The zero-order valence-electron chi connectivity index (χ0n) is 9.83. The Morgan fingerprint density at radius 1 is 1.65 bits per heavy atom. The first kappa shape index (κ1) is 11.7. The number of rotatable bonds is 4. The quantitative estimate of drug-likeness (QED) is 0.746. The molecule has 0 amide bonds. The maximum absolute atomic E-state index is 13.8. The lowest BCUT2D eigenvalue weighted by atomic mass is 10.2. The predicted molar refractivity (Wildman–Crippen MR) is 67.6 cm³/mol. The Bertz CT molecular complexity index is 454. The van der Waals surface area contributed by atoms with Gasteiger partial charge in [-0.2, -0.15) is 0 Å². The minimum absolute atomic E-state index is 0.187. The van der Waals surface area contributed by atoms with Crippen molar-refractivity contribution in [3.8, 4) is 0 Å². The van der Waals surface area contributed by atoms with Crippen LogP contribution in [0.4, 0.5) is 16.0 Å². The average Bonchev–Trinajstić information content (AvgIpc) is 3.05. The highest BCUT2D eigenvalue weighted by molar-refractivity contribution is 5.70. The summed E-state index contributed by atoms with van der Waals surface area (Å²) in [5.74, 6) is 0.547. The molecule has 0 bridgehead atoms.